The van der Waals surface area contributed by atoms with Crippen molar-refractivity contribution in [2.45, 2.75) is 31.5 Å². The summed E-state index contributed by atoms with van der Waals surface area (Å²) >= 11 is 0. The van der Waals surface area contributed by atoms with Crippen molar-refractivity contribution in [3.8, 4) is 0 Å². The number of aliphatic hydroxyl groups excluding tert-OH is 1. The highest BCUT2D eigenvalue weighted by Gasteiger charge is 2.28. The van der Waals surface area contributed by atoms with Gasteiger partial charge in [0, 0.05) is 17.1 Å². The second-order valence-corrected chi connectivity index (χ2v) is 6.01. The summed E-state index contributed by atoms with van der Waals surface area (Å²) in [5, 5.41) is 23.7. The first-order valence-electron chi connectivity index (χ1n) is 8.08. The third-order valence-corrected chi connectivity index (χ3v) is 3.93. The zero-order valence-corrected chi connectivity index (χ0v) is 14.2. The molecule has 1 heterocycles. The summed E-state index contributed by atoms with van der Waals surface area (Å²) in [6.45, 7) is 0.704. The summed E-state index contributed by atoms with van der Waals surface area (Å²) in [5.74, 6) is -2.65. The molecule has 2 aromatic rings. The van der Waals surface area contributed by atoms with Gasteiger partial charge in [0.2, 0.25) is 11.8 Å². The number of aromatic nitrogens is 1. The van der Waals surface area contributed by atoms with Crippen LogP contribution in [0.1, 0.15) is 12.5 Å². The van der Waals surface area contributed by atoms with E-state index in [0.29, 0.717) is 0 Å². The maximum absolute atomic E-state index is 12.3. The largest absolute Gasteiger partial charge is 0.480 e. The molecule has 1 aromatic heterocycles. The van der Waals surface area contributed by atoms with Gasteiger partial charge >= 0.3 is 5.97 Å². The molecule has 0 radical (unpaired) electrons. The predicted molar refractivity (Wildman–Crippen MR) is 94.2 cm³/mol. The van der Waals surface area contributed by atoms with Crippen molar-refractivity contribution in [1.29, 1.82) is 0 Å². The average Bonchev–Trinajstić information content (AvgIpc) is 3.00. The molecule has 7 N–H and O–H groups in total. The molecule has 140 valence electrons. The van der Waals surface area contributed by atoms with Gasteiger partial charge in [-0.05, 0) is 25.0 Å². The number of nitrogens with two attached hydrogens (primary N) is 1. The van der Waals surface area contributed by atoms with Crippen molar-refractivity contribution in [2.75, 3.05) is 6.54 Å². The molecule has 0 spiro atoms. The number of H-pyrrole nitrogens is 1. The van der Waals surface area contributed by atoms with Crippen molar-refractivity contribution in [3.05, 3.63) is 36.0 Å². The lowest BCUT2D eigenvalue weighted by atomic mass is 10.0. The van der Waals surface area contributed by atoms with Gasteiger partial charge in [-0.1, -0.05) is 18.2 Å². The van der Waals surface area contributed by atoms with Crippen LogP contribution in [0, 0.1) is 0 Å². The van der Waals surface area contributed by atoms with E-state index in [1.165, 1.54) is 6.92 Å². The molecule has 9 nitrogen and oxygen atoms in total. The SMILES string of the molecule is C[C@@H](O)[C@H](NC(=O)[C@@H](N)Cc1c[nH]c2ccccc12)C(=O)NCC(=O)O. The zero-order chi connectivity index (χ0) is 19.3. The third kappa shape index (κ3) is 4.80. The fourth-order valence-electron chi connectivity index (χ4n) is 2.57. The normalized spacial score (nSPS) is 14.4. The van der Waals surface area contributed by atoms with Crippen LogP contribution in [0.25, 0.3) is 10.9 Å². The molecule has 0 fully saturated rings. The van der Waals surface area contributed by atoms with Crippen LogP contribution in [-0.2, 0) is 20.8 Å². The van der Waals surface area contributed by atoms with E-state index in [9.17, 15) is 19.5 Å². The van der Waals surface area contributed by atoms with Crippen molar-refractivity contribution in [1.82, 2.24) is 15.6 Å². The van der Waals surface area contributed by atoms with E-state index in [-0.39, 0.29) is 6.42 Å². The molecule has 0 saturated carbocycles. The Balaban J connectivity index is 2.01. The van der Waals surface area contributed by atoms with Crippen molar-refractivity contribution in [3.63, 3.8) is 0 Å². The maximum atomic E-state index is 12.3. The van der Waals surface area contributed by atoms with Gasteiger partial charge in [0.25, 0.3) is 0 Å². The lowest BCUT2D eigenvalue weighted by Gasteiger charge is -2.22. The minimum absolute atomic E-state index is 0.235. The minimum atomic E-state index is -1.30. The first kappa shape index (κ1) is 19.4. The minimum Gasteiger partial charge on any atom is -0.480 e. The van der Waals surface area contributed by atoms with Crippen LogP contribution in [0.3, 0.4) is 0 Å². The summed E-state index contributed by atoms with van der Waals surface area (Å²) in [6, 6.07) is 5.34. The second-order valence-electron chi connectivity index (χ2n) is 6.01. The number of hydrogen-bond donors (Lipinski definition) is 6. The lowest BCUT2D eigenvalue weighted by molar-refractivity contribution is -0.139. The van der Waals surface area contributed by atoms with Gasteiger partial charge in [-0.15, -0.1) is 0 Å². The standard InChI is InChI=1S/C17H22N4O5/c1-9(22)15(17(26)20-8-14(23)24)21-16(25)12(18)6-10-7-19-13-5-3-2-4-11(10)13/h2-5,7,9,12,15,19,22H,6,8,18H2,1H3,(H,20,26)(H,21,25)(H,23,24)/t9-,12+,15+/m1/s1. The number of aromatic amines is 1. The summed E-state index contributed by atoms with van der Waals surface area (Å²) in [5.41, 5.74) is 7.71. The van der Waals surface area contributed by atoms with Gasteiger partial charge in [0.05, 0.1) is 12.1 Å². The summed E-state index contributed by atoms with van der Waals surface area (Å²) < 4.78 is 0. The van der Waals surface area contributed by atoms with E-state index in [1.54, 1.807) is 6.20 Å². The molecule has 0 aliphatic rings. The number of aliphatic carboxylic acids is 1. The number of rotatable bonds is 8. The number of carboxylic acid groups (broad SMARTS) is 1. The summed E-state index contributed by atoms with van der Waals surface area (Å²) in [4.78, 5) is 37.9. The van der Waals surface area contributed by atoms with Crippen LogP contribution in [0.2, 0.25) is 0 Å². The average molecular weight is 362 g/mol. The van der Waals surface area contributed by atoms with Gasteiger partial charge in [-0.3, -0.25) is 14.4 Å². The van der Waals surface area contributed by atoms with Crippen LogP contribution in [0.4, 0.5) is 0 Å². The molecule has 26 heavy (non-hydrogen) atoms. The maximum Gasteiger partial charge on any atom is 0.322 e. The first-order valence-corrected chi connectivity index (χ1v) is 8.08. The van der Waals surface area contributed by atoms with Crippen LogP contribution in [0.5, 0.6) is 0 Å². The molecule has 2 rings (SSSR count). The van der Waals surface area contributed by atoms with E-state index in [1.807, 2.05) is 24.3 Å². The topological polar surface area (TPSA) is 158 Å². The number of carbonyl (C=O) groups excluding carboxylic acids is 2. The molecule has 0 unspecified atom stereocenters. The monoisotopic (exact) mass is 362 g/mol. The number of carbonyl (C=O) groups is 3. The lowest BCUT2D eigenvalue weighted by Crippen LogP contribution is -2.56. The predicted octanol–water partition coefficient (Wildman–Crippen LogP) is -0.896. The number of fused-ring (bicyclic) bond motifs is 1. The quantitative estimate of drug-likeness (QED) is 0.357. The molecule has 3 atom stereocenters. The van der Waals surface area contributed by atoms with E-state index < -0.39 is 42.5 Å². The van der Waals surface area contributed by atoms with Crippen molar-refractivity contribution >= 4 is 28.7 Å². The highest BCUT2D eigenvalue weighted by Crippen LogP contribution is 2.18. The third-order valence-electron chi connectivity index (χ3n) is 3.93. The second kappa shape index (κ2) is 8.45. The van der Waals surface area contributed by atoms with Crippen LogP contribution >= 0.6 is 0 Å². The highest BCUT2D eigenvalue weighted by molar-refractivity contribution is 5.92. The Labute approximate surface area is 149 Å². The van der Waals surface area contributed by atoms with E-state index in [2.05, 4.69) is 15.6 Å². The Morgan fingerprint density at radius 3 is 2.58 bits per heavy atom. The molecule has 9 heteroatoms. The number of amides is 2. The van der Waals surface area contributed by atoms with Gasteiger partial charge in [-0.2, -0.15) is 0 Å². The van der Waals surface area contributed by atoms with Gasteiger partial charge in [0.1, 0.15) is 12.6 Å². The fraction of sp³-hybridized carbons (Fsp3) is 0.353. The molecular weight excluding hydrogens is 340 g/mol. The van der Waals surface area contributed by atoms with Crippen molar-refractivity contribution in [2.24, 2.45) is 5.73 Å². The number of hydrogen-bond acceptors (Lipinski definition) is 5. The zero-order valence-electron chi connectivity index (χ0n) is 14.2. The Morgan fingerprint density at radius 1 is 1.23 bits per heavy atom. The van der Waals surface area contributed by atoms with Crippen molar-refractivity contribution < 1.29 is 24.6 Å². The molecule has 0 bridgehead atoms. The Hall–Kier alpha value is -2.91. The summed E-state index contributed by atoms with van der Waals surface area (Å²) in [6.07, 6.45) is 0.788. The van der Waals surface area contributed by atoms with E-state index >= 15 is 0 Å². The van der Waals surface area contributed by atoms with Gasteiger partial charge < -0.3 is 31.6 Å². The highest BCUT2D eigenvalue weighted by atomic mass is 16.4. The number of benzene rings is 1. The van der Waals surface area contributed by atoms with Gasteiger partial charge in [0.15, 0.2) is 0 Å². The van der Waals surface area contributed by atoms with Gasteiger partial charge in [-0.25, -0.2) is 0 Å². The van der Waals surface area contributed by atoms with E-state index in [4.69, 9.17) is 10.8 Å². The summed E-state index contributed by atoms with van der Waals surface area (Å²) in [7, 11) is 0. The Morgan fingerprint density at radius 2 is 1.92 bits per heavy atom. The molecule has 1 aromatic carbocycles. The molecular formula is C17H22N4O5. The Bertz CT molecular complexity index is 801. The smallest absolute Gasteiger partial charge is 0.322 e. The number of nitrogens with one attached hydrogen (secondary N) is 3. The molecule has 2 amide bonds. The fourth-order valence-corrected chi connectivity index (χ4v) is 2.57. The first-order chi connectivity index (χ1) is 12.3. The van der Waals surface area contributed by atoms with Crippen LogP contribution in [-0.4, -0.2) is 57.7 Å². The Kier molecular flexibility index (Phi) is 6.31. The van der Waals surface area contributed by atoms with Crippen LogP contribution in [0.15, 0.2) is 30.5 Å². The molecule has 0 saturated heterocycles. The molecule has 0 aliphatic carbocycles. The number of aliphatic hydroxyl groups is 1. The molecule has 0 aliphatic heterocycles. The number of carboxylic acids is 1. The van der Waals surface area contributed by atoms with E-state index in [0.717, 1.165) is 16.5 Å². The number of para-hydroxylation sites is 1. The van der Waals surface area contributed by atoms with Crippen LogP contribution < -0.4 is 16.4 Å².